The predicted octanol–water partition coefficient (Wildman–Crippen LogP) is 9.38. The third kappa shape index (κ3) is 4.86. The summed E-state index contributed by atoms with van der Waals surface area (Å²) in [5.74, 6) is -1.18. The van der Waals surface area contributed by atoms with Gasteiger partial charge in [-0.2, -0.15) is 0 Å². The number of rotatable bonds is 6. The van der Waals surface area contributed by atoms with Crippen molar-refractivity contribution in [2.75, 3.05) is 7.11 Å². The third-order valence-corrected chi connectivity index (χ3v) is 15.8. The third-order valence-electron chi connectivity index (χ3n) is 15.8. The molecule has 0 bridgehead atoms. The number of methoxy groups -OCH3 is 1. The van der Waals surface area contributed by atoms with Gasteiger partial charge in [0.25, 0.3) is 0 Å². The molecule has 0 amide bonds. The number of carboxylic acids is 1. The average molecular weight is 681 g/mol. The second-order valence-electron chi connectivity index (χ2n) is 18.2. The van der Waals surface area contributed by atoms with Gasteiger partial charge in [-0.1, -0.05) is 93.9 Å². The van der Waals surface area contributed by atoms with Crippen molar-refractivity contribution >= 4 is 17.7 Å². The highest BCUT2D eigenvalue weighted by atomic mass is 16.5. The van der Waals surface area contributed by atoms with Crippen molar-refractivity contribution in [3.8, 4) is 0 Å². The molecule has 1 N–H and O–H groups in total. The van der Waals surface area contributed by atoms with Crippen molar-refractivity contribution < 1.29 is 29.0 Å². The number of allylic oxidation sites excluding steroid dienone is 2. The molecule has 0 unspecified atom stereocenters. The zero-order chi connectivity index (χ0) is 35.9. The zero-order valence-electron chi connectivity index (χ0n) is 31.1. The van der Waals surface area contributed by atoms with E-state index in [1.807, 2.05) is 73.7 Å². The van der Waals surface area contributed by atoms with Crippen LogP contribution in [0.25, 0.3) is 0 Å². The summed E-state index contributed by atoms with van der Waals surface area (Å²) in [6.45, 7) is 13.3. The fourth-order valence-corrected chi connectivity index (χ4v) is 12.5. The standard InChI is InChI=1S/C44H56O6/c1-39-22-23-40(2,38(48)50-35(28-14-10-8-11-15-28)29-16-12-9-13-17-29)27-31(39)30-26-32(45)36-41(3)20-19-34(49-7)44(6,37(46)47)33(41)18-21-43(36,5)42(30,4)25-24-39/h8-17,26,31,33-36H,18-25,27H2,1-7H3,(H,46,47)/t31-,33+,34-,36+,39+,40-,41-,42+,43+,44-/m0/s1. The molecular weight excluding hydrogens is 624 g/mol. The van der Waals surface area contributed by atoms with Gasteiger partial charge < -0.3 is 14.6 Å². The van der Waals surface area contributed by atoms with E-state index in [9.17, 15) is 19.5 Å². The van der Waals surface area contributed by atoms with Crippen LogP contribution in [0.2, 0.25) is 0 Å². The maximum Gasteiger partial charge on any atom is 0.312 e. The molecule has 7 rings (SSSR count). The van der Waals surface area contributed by atoms with Crippen LogP contribution in [0.4, 0.5) is 0 Å². The second kappa shape index (κ2) is 11.9. The highest BCUT2D eigenvalue weighted by molar-refractivity contribution is 5.96. The largest absolute Gasteiger partial charge is 0.481 e. The number of hydrogen-bond donors (Lipinski definition) is 1. The molecule has 2 aromatic carbocycles. The Bertz CT molecular complexity index is 1660. The number of esters is 1. The summed E-state index contributed by atoms with van der Waals surface area (Å²) in [5.41, 5.74) is 0.358. The first kappa shape index (κ1) is 35.2. The van der Waals surface area contributed by atoms with E-state index < -0.39 is 28.3 Å². The molecule has 10 atom stereocenters. The van der Waals surface area contributed by atoms with Crippen LogP contribution in [0, 0.1) is 50.2 Å². The van der Waals surface area contributed by atoms with E-state index in [0.717, 1.165) is 56.1 Å². The SMILES string of the molecule is CO[C@H]1CC[C@@]2(C)[C@@H](CC[C@]3(C)[C@@H]2C(=O)C=C2[C@@H]4C[C@@](C)(C(=O)OC(c5ccccc5)c5ccccc5)CC[C@]4(C)CC[C@]23C)[C@]1(C)C(=O)O. The number of ether oxygens (including phenoxy) is 2. The Kier molecular flexibility index (Phi) is 8.37. The first-order chi connectivity index (χ1) is 23.6. The molecule has 0 aromatic heterocycles. The molecule has 0 radical (unpaired) electrons. The Balaban J connectivity index is 1.23. The maximum absolute atomic E-state index is 14.8. The normalized spacial score (nSPS) is 42.3. The minimum absolute atomic E-state index is 0.00756. The Morgan fingerprint density at radius 2 is 1.40 bits per heavy atom. The predicted molar refractivity (Wildman–Crippen MR) is 193 cm³/mol. The fraction of sp³-hybridized carbons (Fsp3) is 0.614. The fourth-order valence-electron chi connectivity index (χ4n) is 12.5. The Morgan fingerprint density at radius 3 is 1.98 bits per heavy atom. The van der Waals surface area contributed by atoms with Gasteiger partial charge in [0.15, 0.2) is 11.9 Å². The van der Waals surface area contributed by atoms with Gasteiger partial charge >= 0.3 is 11.9 Å². The smallest absolute Gasteiger partial charge is 0.312 e. The van der Waals surface area contributed by atoms with Crippen LogP contribution >= 0.6 is 0 Å². The summed E-state index contributed by atoms with van der Waals surface area (Å²) in [5, 5.41) is 10.6. The van der Waals surface area contributed by atoms with Gasteiger partial charge in [-0.05, 0) is 122 Å². The number of ketones is 1. The highest BCUT2D eigenvalue weighted by Crippen LogP contribution is 2.75. The summed E-state index contributed by atoms with van der Waals surface area (Å²) in [6.07, 6.45) is 8.44. The molecule has 0 saturated heterocycles. The quantitative estimate of drug-likeness (QED) is 0.306. The molecule has 0 spiro atoms. The lowest BCUT2D eigenvalue weighted by Crippen LogP contribution is -2.68. The molecule has 6 nitrogen and oxygen atoms in total. The average Bonchev–Trinajstić information content (AvgIpc) is 3.09. The molecular formula is C44H56O6. The Morgan fingerprint density at radius 1 is 0.800 bits per heavy atom. The van der Waals surface area contributed by atoms with E-state index in [2.05, 4.69) is 34.6 Å². The molecule has 0 aliphatic heterocycles. The van der Waals surface area contributed by atoms with Gasteiger partial charge in [0.2, 0.25) is 0 Å². The second-order valence-corrected chi connectivity index (χ2v) is 18.2. The molecule has 50 heavy (non-hydrogen) atoms. The first-order valence-corrected chi connectivity index (χ1v) is 18.9. The summed E-state index contributed by atoms with van der Waals surface area (Å²) in [7, 11) is 1.62. The molecule has 6 heteroatoms. The van der Waals surface area contributed by atoms with Crippen LogP contribution < -0.4 is 0 Å². The topological polar surface area (TPSA) is 89.9 Å². The minimum Gasteiger partial charge on any atom is -0.481 e. The van der Waals surface area contributed by atoms with Crippen molar-refractivity contribution in [1.29, 1.82) is 0 Å². The van der Waals surface area contributed by atoms with E-state index in [1.165, 1.54) is 5.57 Å². The van der Waals surface area contributed by atoms with Crippen LogP contribution in [0.5, 0.6) is 0 Å². The van der Waals surface area contributed by atoms with E-state index in [-0.39, 0.29) is 51.9 Å². The van der Waals surface area contributed by atoms with Crippen molar-refractivity contribution in [3.05, 3.63) is 83.4 Å². The van der Waals surface area contributed by atoms with E-state index in [0.29, 0.717) is 12.8 Å². The van der Waals surface area contributed by atoms with E-state index in [1.54, 1.807) is 7.11 Å². The van der Waals surface area contributed by atoms with Crippen LogP contribution in [0.15, 0.2) is 72.3 Å². The molecule has 0 heterocycles. The maximum atomic E-state index is 14.8. The molecule has 2 aromatic rings. The van der Waals surface area contributed by atoms with Crippen molar-refractivity contribution in [2.24, 2.45) is 50.2 Å². The number of hydrogen-bond acceptors (Lipinski definition) is 5. The molecule has 5 aliphatic carbocycles. The van der Waals surface area contributed by atoms with Gasteiger partial charge in [0, 0.05) is 13.0 Å². The van der Waals surface area contributed by atoms with E-state index in [4.69, 9.17) is 9.47 Å². The minimum atomic E-state index is -1.05. The van der Waals surface area contributed by atoms with Crippen LogP contribution in [-0.4, -0.2) is 36.0 Å². The monoisotopic (exact) mass is 680 g/mol. The summed E-state index contributed by atoms with van der Waals surface area (Å²) >= 11 is 0. The van der Waals surface area contributed by atoms with Crippen molar-refractivity contribution in [3.63, 3.8) is 0 Å². The highest BCUT2D eigenvalue weighted by Gasteiger charge is 2.72. The van der Waals surface area contributed by atoms with Crippen LogP contribution in [-0.2, 0) is 23.9 Å². The number of benzene rings is 2. The summed E-state index contributed by atoms with van der Waals surface area (Å²) < 4.78 is 12.3. The van der Waals surface area contributed by atoms with Gasteiger partial charge in [-0.3, -0.25) is 14.4 Å². The molecule has 5 aliphatic rings. The first-order valence-electron chi connectivity index (χ1n) is 18.9. The Hall–Kier alpha value is -3.25. The lowest BCUT2D eigenvalue weighted by molar-refractivity contribution is -0.218. The number of carbonyl (C=O) groups is 3. The van der Waals surface area contributed by atoms with Gasteiger partial charge in [0.05, 0.1) is 16.9 Å². The summed E-state index contributed by atoms with van der Waals surface area (Å²) in [4.78, 5) is 42.2. The molecule has 268 valence electrons. The number of fused-ring (bicyclic) bond motifs is 7. The lowest BCUT2D eigenvalue weighted by Gasteiger charge is -2.70. The molecule has 4 fully saturated rings. The van der Waals surface area contributed by atoms with Crippen LogP contribution in [0.3, 0.4) is 0 Å². The Labute approximate surface area is 298 Å². The van der Waals surface area contributed by atoms with E-state index >= 15 is 0 Å². The number of carbonyl (C=O) groups excluding carboxylic acids is 2. The molecule has 4 saturated carbocycles. The van der Waals surface area contributed by atoms with Crippen molar-refractivity contribution in [1.82, 2.24) is 0 Å². The summed E-state index contributed by atoms with van der Waals surface area (Å²) in [6, 6.07) is 19.9. The van der Waals surface area contributed by atoms with Gasteiger partial charge in [0.1, 0.15) is 0 Å². The van der Waals surface area contributed by atoms with Gasteiger partial charge in [-0.15, -0.1) is 0 Å². The zero-order valence-corrected chi connectivity index (χ0v) is 31.1. The number of carboxylic acid groups (broad SMARTS) is 1. The number of aliphatic carboxylic acids is 1. The van der Waals surface area contributed by atoms with Crippen molar-refractivity contribution in [2.45, 2.75) is 112 Å². The van der Waals surface area contributed by atoms with Gasteiger partial charge in [-0.25, -0.2) is 0 Å². The van der Waals surface area contributed by atoms with Crippen LogP contribution in [0.1, 0.15) is 117 Å². The lowest BCUT2D eigenvalue weighted by atomic mass is 9.33.